The lowest BCUT2D eigenvalue weighted by Gasteiger charge is -2.29. The van der Waals surface area contributed by atoms with Crippen molar-refractivity contribution in [3.8, 4) is 0 Å². The first-order chi connectivity index (χ1) is 5.69. The predicted molar refractivity (Wildman–Crippen MR) is 50.0 cm³/mol. The third-order valence-corrected chi connectivity index (χ3v) is 3.16. The Balaban J connectivity index is 2.53. The largest absolute Gasteiger partial charge is 0.317 e. The minimum Gasteiger partial charge on any atom is -0.317 e. The fourth-order valence-corrected chi connectivity index (χ4v) is 1.91. The molecule has 0 aromatic carbocycles. The fourth-order valence-electron chi connectivity index (χ4n) is 1.91. The third-order valence-electron chi connectivity index (χ3n) is 3.16. The Hall–Kier alpha value is -0.110. The van der Waals surface area contributed by atoms with E-state index in [4.69, 9.17) is 0 Å². The highest BCUT2D eigenvalue weighted by molar-refractivity contribution is 4.86. The van der Waals surface area contributed by atoms with Crippen molar-refractivity contribution in [3.05, 3.63) is 0 Å². The smallest absolute Gasteiger partial charge is 0.114 e. The van der Waals surface area contributed by atoms with Crippen LogP contribution in [0, 0.1) is 5.92 Å². The van der Waals surface area contributed by atoms with Crippen molar-refractivity contribution in [1.29, 1.82) is 0 Å². The van der Waals surface area contributed by atoms with Crippen LogP contribution in [0.1, 0.15) is 39.5 Å². The zero-order valence-electron chi connectivity index (χ0n) is 8.20. The lowest BCUT2D eigenvalue weighted by atomic mass is 9.83. The average molecular weight is 173 g/mol. The number of hydrogen-bond donors (Lipinski definition) is 1. The molecule has 2 heteroatoms. The summed E-state index contributed by atoms with van der Waals surface area (Å²) in [6.45, 7) is 5.94. The van der Waals surface area contributed by atoms with Crippen LogP contribution in [0.25, 0.3) is 0 Å². The maximum absolute atomic E-state index is 14.2. The van der Waals surface area contributed by atoms with Crippen molar-refractivity contribution >= 4 is 0 Å². The Bertz CT molecular complexity index is 128. The summed E-state index contributed by atoms with van der Waals surface area (Å²) in [7, 11) is 0. The molecule has 1 N–H and O–H groups in total. The van der Waals surface area contributed by atoms with Gasteiger partial charge in [-0.3, -0.25) is 0 Å². The summed E-state index contributed by atoms with van der Waals surface area (Å²) in [6, 6.07) is 0. The normalized spacial score (nSPS) is 34.2. The molecule has 0 bridgehead atoms. The Kier molecular flexibility index (Phi) is 3.51. The van der Waals surface area contributed by atoms with Gasteiger partial charge in [0.05, 0.1) is 0 Å². The van der Waals surface area contributed by atoms with E-state index in [-0.39, 0.29) is 5.92 Å². The van der Waals surface area contributed by atoms with E-state index < -0.39 is 5.67 Å². The Morgan fingerprint density at radius 3 is 2.83 bits per heavy atom. The van der Waals surface area contributed by atoms with Gasteiger partial charge in [0.2, 0.25) is 0 Å². The van der Waals surface area contributed by atoms with Gasteiger partial charge in [-0.05, 0) is 38.3 Å². The summed E-state index contributed by atoms with van der Waals surface area (Å²) in [5.41, 5.74) is -0.891. The molecule has 0 aliphatic carbocycles. The standard InChI is InChI=1S/C10H20FN/c1-3-9(2)10(11)5-4-7-12-8-6-10/h9,12H,3-8H2,1-2H3. The van der Waals surface area contributed by atoms with Crippen molar-refractivity contribution in [2.24, 2.45) is 5.92 Å². The summed E-state index contributed by atoms with van der Waals surface area (Å²) in [5, 5.41) is 3.24. The molecule has 1 rings (SSSR count). The highest BCUT2D eigenvalue weighted by Crippen LogP contribution is 2.33. The van der Waals surface area contributed by atoms with E-state index in [1.54, 1.807) is 0 Å². The molecular formula is C10H20FN. The molecule has 0 aromatic rings. The van der Waals surface area contributed by atoms with Gasteiger partial charge in [0, 0.05) is 0 Å². The van der Waals surface area contributed by atoms with Crippen LogP contribution in [-0.2, 0) is 0 Å². The van der Waals surface area contributed by atoms with Crippen LogP contribution in [0.15, 0.2) is 0 Å². The lowest BCUT2D eigenvalue weighted by Crippen LogP contribution is -2.32. The van der Waals surface area contributed by atoms with E-state index in [1.807, 2.05) is 6.92 Å². The number of rotatable bonds is 2. The maximum atomic E-state index is 14.2. The topological polar surface area (TPSA) is 12.0 Å². The van der Waals surface area contributed by atoms with Gasteiger partial charge in [-0.2, -0.15) is 0 Å². The van der Waals surface area contributed by atoms with E-state index in [0.717, 1.165) is 32.4 Å². The second kappa shape index (κ2) is 4.22. The minimum atomic E-state index is -0.891. The molecule has 0 saturated carbocycles. The molecule has 1 aliphatic heterocycles. The van der Waals surface area contributed by atoms with Gasteiger partial charge in [-0.25, -0.2) is 4.39 Å². The number of hydrogen-bond acceptors (Lipinski definition) is 1. The Morgan fingerprint density at radius 1 is 1.42 bits per heavy atom. The molecule has 2 atom stereocenters. The van der Waals surface area contributed by atoms with Crippen LogP contribution < -0.4 is 5.32 Å². The third kappa shape index (κ3) is 2.19. The van der Waals surface area contributed by atoms with Crippen LogP contribution in [0.5, 0.6) is 0 Å². The lowest BCUT2D eigenvalue weighted by molar-refractivity contribution is 0.0732. The molecule has 0 amide bonds. The van der Waals surface area contributed by atoms with Crippen molar-refractivity contribution in [3.63, 3.8) is 0 Å². The van der Waals surface area contributed by atoms with Gasteiger partial charge in [-0.1, -0.05) is 20.3 Å². The van der Waals surface area contributed by atoms with Gasteiger partial charge in [0.15, 0.2) is 0 Å². The van der Waals surface area contributed by atoms with Crippen LogP contribution in [-0.4, -0.2) is 18.8 Å². The molecule has 0 radical (unpaired) electrons. The Labute approximate surface area is 74.7 Å². The van der Waals surface area contributed by atoms with E-state index in [9.17, 15) is 4.39 Å². The van der Waals surface area contributed by atoms with Gasteiger partial charge < -0.3 is 5.32 Å². The van der Waals surface area contributed by atoms with Crippen LogP contribution in [0.3, 0.4) is 0 Å². The van der Waals surface area contributed by atoms with E-state index in [1.165, 1.54) is 0 Å². The summed E-state index contributed by atoms with van der Waals surface area (Å²) in [6.07, 6.45) is 3.38. The monoisotopic (exact) mass is 173 g/mol. The predicted octanol–water partition coefficient (Wildman–Crippen LogP) is 2.51. The Morgan fingerprint density at radius 2 is 2.17 bits per heavy atom. The zero-order valence-corrected chi connectivity index (χ0v) is 8.20. The molecule has 72 valence electrons. The molecule has 12 heavy (non-hydrogen) atoms. The molecular weight excluding hydrogens is 153 g/mol. The number of alkyl halides is 1. The average Bonchev–Trinajstić information content (AvgIpc) is 2.29. The van der Waals surface area contributed by atoms with Crippen LogP contribution in [0.2, 0.25) is 0 Å². The molecule has 1 aliphatic rings. The molecule has 0 spiro atoms. The summed E-state index contributed by atoms with van der Waals surface area (Å²) >= 11 is 0. The van der Waals surface area contributed by atoms with E-state index >= 15 is 0 Å². The molecule has 1 nitrogen and oxygen atoms in total. The van der Waals surface area contributed by atoms with Crippen molar-refractivity contribution in [2.75, 3.05) is 13.1 Å². The first-order valence-electron chi connectivity index (χ1n) is 5.08. The highest BCUT2D eigenvalue weighted by atomic mass is 19.1. The molecule has 1 heterocycles. The number of nitrogens with one attached hydrogen (secondary N) is 1. The highest BCUT2D eigenvalue weighted by Gasteiger charge is 2.35. The van der Waals surface area contributed by atoms with Gasteiger partial charge in [0.25, 0.3) is 0 Å². The summed E-state index contributed by atoms with van der Waals surface area (Å²) in [5.74, 6) is 0.220. The quantitative estimate of drug-likeness (QED) is 0.676. The van der Waals surface area contributed by atoms with Gasteiger partial charge >= 0.3 is 0 Å². The van der Waals surface area contributed by atoms with E-state index in [0.29, 0.717) is 6.42 Å². The molecule has 1 saturated heterocycles. The molecule has 1 fully saturated rings. The molecule has 2 unspecified atom stereocenters. The van der Waals surface area contributed by atoms with Gasteiger partial charge in [0.1, 0.15) is 5.67 Å². The zero-order chi connectivity index (χ0) is 9.03. The summed E-state index contributed by atoms with van der Waals surface area (Å²) in [4.78, 5) is 0. The SMILES string of the molecule is CCC(C)C1(F)CCCNCC1. The maximum Gasteiger partial charge on any atom is 0.114 e. The molecule has 0 aromatic heterocycles. The second-order valence-corrected chi connectivity index (χ2v) is 3.95. The number of halogens is 1. The first kappa shape index (κ1) is 9.97. The van der Waals surface area contributed by atoms with Crippen LogP contribution >= 0.6 is 0 Å². The van der Waals surface area contributed by atoms with Crippen molar-refractivity contribution in [2.45, 2.75) is 45.2 Å². The summed E-state index contributed by atoms with van der Waals surface area (Å²) < 4.78 is 14.2. The minimum absolute atomic E-state index is 0.220. The van der Waals surface area contributed by atoms with Gasteiger partial charge in [-0.15, -0.1) is 0 Å². The van der Waals surface area contributed by atoms with Crippen molar-refractivity contribution < 1.29 is 4.39 Å². The second-order valence-electron chi connectivity index (χ2n) is 3.95. The van der Waals surface area contributed by atoms with E-state index in [2.05, 4.69) is 12.2 Å². The fraction of sp³-hybridized carbons (Fsp3) is 1.00. The van der Waals surface area contributed by atoms with Crippen molar-refractivity contribution in [1.82, 2.24) is 5.32 Å². The van der Waals surface area contributed by atoms with Crippen LogP contribution in [0.4, 0.5) is 4.39 Å². The first-order valence-corrected chi connectivity index (χ1v) is 5.08.